The number of aliphatic imine (C=N–C) groups is 1. The van der Waals surface area contributed by atoms with Crippen LogP contribution in [0.2, 0.25) is 0 Å². The van der Waals surface area contributed by atoms with E-state index in [-0.39, 0.29) is 5.96 Å². The van der Waals surface area contributed by atoms with Crippen LogP contribution in [0, 0.1) is 12.3 Å². The van der Waals surface area contributed by atoms with Crippen LogP contribution in [0.25, 0.3) is 11.3 Å². The number of benzene rings is 1. The molecule has 0 atom stereocenters. The van der Waals surface area contributed by atoms with Gasteiger partial charge in [-0.15, -0.1) is 11.3 Å². The van der Waals surface area contributed by atoms with Crippen molar-refractivity contribution in [2.24, 2.45) is 10.7 Å². The lowest BCUT2D eigenvalue weighted by Crippen LogP contribution is -2.20. The smallest absolute Gasteiger partial charge is 0.192 e. The summed E-state index contributed by atoms with van der Waals surface area (Å²) >= 11 is 1.47. The molecular weight excluding hydrogens is 296 g/mol. The highest BCUT2D eigenvalue weighted by atomic mass is 32.1. The van der Waals surface area contributed by atoms with Gasteiger partial charge in [-0.3, -0.25) is 5.41 Å². The zero-order chi connectivity index (χ0) is 15.9. The molecule has 1 heterocycles. The van der Waals surface area contributed by atoms with E-state index in [2.05, 4.69) is 27.5 Å². The standard InChI is InChI=1S/C15H20N6S/c1-3-7-18-9-19-12-6-4-5-11(8-12)13-10(2)22-15(20-13)21-14(16)17/h4-6,8-9H,3,7H2,1-2H3,(H,18,19)(H4,16,17,20,21). The van der Waals surface area contributed by atoms with E-state index in [1.165, 1.54) is 11.3 Å². The molecule has 5 N–H and O–H groups in total. The van der Waals surface area contributed by atoms with Crippen LogP contribution in [0.4, 0.5) is 10.8 Å². The third-order valence-electron chi connectivity index (χ3n) is 2.86. The van der Waals surface area contributed by atoms with Gasteiger partial charge in [0.2, 0.25) is 0 Å². The molecule has 6 nitrogen and oxygen atoms in total. The highest BCUT2D eigenvalue weighted by molar-refractivity contribution is 7.16. The molecule has 0 aliphatic carbocycles. The van der Waals surface area contributed by atoms with Crippen LogP contribution < -0.4 is 16.4 Å². The zero-order valence-electron chi connectivity index (χ0n) is 12.7. The minimum Gasteiger partial charge on any atom is -0.376 e. The Bertz CT molecular complexity index is 676. The number of aryl methyl sites for hydroxylation is 1. The summed E-state index contributed by atoms with van der Waals surface area (Å²) in [5.74, 6) is -0.111. The van der Waals surface area contributed by atoms with Crippen molar-refractivity contribution >= 4 is 34.5 Å². The lowest BCUT2D eigenvalue weighted by atomic mass is 10.1. The lowest BCUT2D eigenvalue weighted by Gasteiger charge is -2.01. The van der Waals surface area contributed by atoms with Crippen LogP contribution in [0.1, 0.15) is 18.2 Å². The van der Waals surface area contributed by atoms with Gasteiger partial charge < -0.3 is 16.4 Å². The second kappa shape index (κ2) is 7.56. The molecule has 0 fully saturated rings. The maximum absolute atomic E-state index is 7.27. The zero-order valence-corrected chi connectivity index (χ0v) is 13.5. The summed E-state index contributed by atoms with van der Waals surface area (Å²) in [6.07, 6.45) is 2.79. The molecular formula is C15H20N6S. The number of aromatic nitrogens is 1. The fourth-order valence-corrected chi connectivity index (χ4v) is 2.74. The van der Waals surface area contributed by atoms with Crippen LogP contribution in [0.3, 0.4) is 0 Å². The quantitative estimate of drug-likeness (QED) is 0.374. The van der Waals surface area contributed by atoms with Gasteiger partial charge in [0.05, 0.1) is 17.7 Å². The first-order valence-corrected chi connectivity index (χ1v) is 7.86. The summed E-state index contributed by atoms with van der Waals surface area (Å²) in [5.41, 5.74) is 8.09. The molecule has 0 spiro atoms. The number of nitrogens with two attached hydrogens (primary N) is 1. The monoisotopic (exact) mass is 316 g/mol. The van der Waals surface area contributed by atoms with Gasteiger partial charge in [0.1, 0.15) is 0 Å². The van der Waals surface area contributed by atoms with Crippen molar-refractivity contribution in [2.75, 3.05) is 11.9 Å². The van der Waals surface area contributed by atoms with Gasteiger partial charge in [0.25, 0.3) is 0 Å². The van der Waals surface area contributed by atoms with Gasteiger partial charge in [-0.2, -0.15) is 0 Å². The Kier molecular flexibility index (Phi) is 5.48. The molecule has 0 radical (unpaired) electrons. The van der Waals surface area contributed by atoms with Crippen molar-refractivity contribution in [3.05, 3.63) is 29.1 Å². The van der Waals surface area contributed by atoms with Gasteiger partial charge in [-0.05, 0) is 25.5 Å². The number of anilines is 1. The molecule has 0 bridgehead atoms. The molecule has 0 saturated carbocycles. The van der Waals surface area contributed by atoms with Gasteiger partial charge in [-0.1, -0.05) is 19.1 Å². The Morgan fingerprint density at radius 1 is 1.50 bits per heavy atom. The van der Waals surface area contributed by atoms with Gasteiger partial charge in [0.15, 0.2) is 11.1 Å². The van der Waals surface area contributed by atoms with Crippen LogP contribution >= 0.6 is 11.3 Å². The van der Waals surface area contributed by atoms with Crippen LogP contribution in [0.5, 0.6) is 0 Å². The van der Waals surface area contributed by atoms with E-state index in [1.807, 2.05) is 31.2 Å². The molecule has 116 valence electrons. The average molecular weight is 316 g/mol. The second-order valence-electron chi connectivity index (χ2n) is 4.73. The number of thiazole rings is 1. The number of hydrogen-bond acceptors (Lipinski definition) is 4. The van der Waals surface area contributed by atoms with E-state index in [4.69, 9.17) is 11.1 Å². The number of nitrogens with zero attached hydrogens (tertiary/aromatic N) is 2. The first-order chi connectivity index (χ1) is 10.6. The molecule has 0 saturated heterocycles. The third kappa shape index (κ3) is 4.29. The first-order valence-electron chi connectivity index (χ1n) is 7.05. The summed E-state index contributed by atoms with van der Waals surface area (Å²) in [6, 6.07) is 7.89. The molecule has 2 rings (SSSR count). The summed E-state index contributed by atoms with van der Waals surface area (Å²) in [4.78, 5) is 9.94. The normalized spacial score (nSPS) is 10.8. The van der Waals surface area contributed by atoms with Crippen LogP contribution in [-0.4, -0.2) is 23.8 Å². The summed E-state index contributed by atoms with van der Waals surface area (Å²) in [7, 11) is 0. The Hall–Kier alpha value is -2.41. The first kappa shape index (κ1) is 16.0. The Balaban J connectivity index is 2.20. The predicted molar refractivity (Wildman–Crippen MR) is 94.3 cm³/mol. The van der Waals surface area contributed by atoms with Gasteiger partial charge >= 0.3 is 0 Å². The van der Waals surface area contributed by atoms with Gasteiger partial charge in [0, 0.05) is 17.0 Å². The molecule has 1 aromatic carbocycles. The molecule has 0 amide bonds. The number of nitrogens with one attached hydrogen (secondary N) is 3. The van der Waals surface area contributed by atoms with Crippen molar-refractivity contribution in [3.8, 4) is 11.3 Å². The van der Waals surface area contributed by atoms with Crippen LogP contribution in [0.15, 0.2) is 29.3 Å². The fourth-order valence-electron chi connectivity index (χ4n) is 1.90. The molecule has 0 aliphatic rings. The van der Waals surface area contributed by atoms with E-state index in [0.29, 0.717) is 5.13 Å². The van der Waals surface area contributed by atoms with Crippen molar-refractivity contribution < 1.29 is 0 Å². The van der Waals surface area contributed by atoms with Crippen molar-refractivity contribution in [2.45, 2.75) is 20.3 Å². The third-order valence-corrected chi connectivity index (χ3v) is 3.74. The molecule has 2 aromatic rings. The molecule has 0 unspecified atom stereocenters. The van der Waals surface area contributed by atoms with Crippen LogP contribution in [-0.2, 0) is 0 Å². The minimum atomic E-state index is -0.111. The van der Waals surface area contributed by atoms with E-state index in [0.717, 1.165) is 34.8 Å². The second-order valence-corrected chi connectivity index (χ2v) is 5.93. The van der Waals surface area contributed by atoms with Crippen molar-refractivity contribution in [1.82, 2.24) is 10.3 Å². The maximum Gasteiger partial charge on any atom is 0.192 e. The molecule has 0 aliphatic heterocycles. The Morgan fingerprint density at radius 3 is 3.05 bits per heavy atom. The number of rotatable bonds is 6. The molecule has 22 heavy (non-hydrogen) atoms. The summed E-state index contributed by atoms with van der Waals surface area (Å²) in [5, 5.41) is 13.7. The Morgan fingerprint density at radius 2 is 2.32 bits per heavy atom. The lowest BCUT2D eigenvalue weighted by molar-refractivity contribution is 0.851. The van der Waals surface area contributed by atoms with E-state index in [9.17, 15) is 0 Å². The highest BCUT2D eigenvalue weighted by Crippen LogP contribution is 2.31. The van der Waals surface area contributed by atoms with Crippen molar-refractivity contribution in [1.29, 1.82) is 5.41 Å². The largest absolute Gasteiger partial charge is 0.376 e. The average Bonchev–Trinajstić information content (AvgIpc) is 2.84. The maximum atomic E-state index is 7.27. The van der Waals surface area contributed by atoms with E-state index in [1.54, 1.807) is 6.34 Å². The van der Waals surface area contributed by atoms with Gasteiger partial charge in [-0.25, -0.2) is 9.98 Å². The Labute approximate surface area is 134 Å². The predicted octanol–water partition coefficient (Wildman–Crippen LogP) is 3.08. The van der Waals surface area contributed by atoms with E-state index >= 15 is 0 Å². The SMILES string of the molecule is CCCN/C=N/c1cccc(-c2nc(NC(=N)N)sc2C)c1. The summed E-state index contributed by atoms with van der Waals surface area (Å²) in [6.45, 7) is 5.02. The van der Waals surface area contributed by atoms with E-state index < -0.39 is 0 Å². The topological polar surface area (TPSA) is 99.2 Å². The summed E-state index contributed by atoms with van der Waals surface area (Å²) < 4.78 is 0. The molecule has 7 heteroatoms. The van der Waals surface area contributed by atoms with Crippen molar-refractivity contribution in [3.63, 3.8) is 0 Å². The number of hydrogen-bond donors (Lipinski definition) is 4. The number of guanidine groups is 1. The fraction of sp³-hybridized carbons (Fsp3) is 0.267. The molecule has 1 aromatic heterocycles. The highest BCUT2D eigenvalue weighted by Gasteiger charge is 2.10. The minimum absolute atomic E-state index is 0.111.